The van der Waals surface area contributed by atoms with Crippen molar-refractivity contribution < 1.29 is 14.6 Å². The number of nitro benzene ring substituents is 2. The topological polar surface area (TPSA) is 136 Å². The first kappa shape index (κ1) is 32.2. The van der Waals surface area contributed by atoms with Crippen LogP contribution in [0.25, 0.3) is 11.0 Å². The second-order valence-corrected chi connectivity index (χ2v) is 10.4. The van der Waals surface area contributed by atoms with Gasteiger partial charge in [0.25, 0.3) is 11.4 Å². The summed E-state index contributed by atoms with van der Waals surface area (Å²) in [4.78, 5) is 39.9. The number of aromatic nitrogens is 2. The highest BCUT2D eigenvalue weighted by Gasteiger charge is 2.29. The summed E-state index contributed by atoms with van der Waals surface area (Å²) in [5.41, 5.74) is 3.85. The van der Waals surface area contributed by atoms with Gasteiger partial charge in [-0.1, -0.05) is 49.7 Å². The van der Waals surface area contributed by atoms with E-state index < -0.39 is 15.5 Å². The van der Waals surface area contributed by atoms with Gasteiger partial charge in [-0.25, -0.2) is 4.98 Å². The van der Waals surface area contributed by atoms with Crippen molar-refractivity contribution in [2.24, 2.45) is 7.05 Å². The standard InChI is InChI=1S/C21H21BrN6O5.C7H8.C2H6/c1-25(20(29)11-23-16-6-3-13(27(30)31)10-18(16)28(32)33)12-4-7-17-15(9-12)14-5-8-19(22)24-21(14)26(17)2;1-7-5-3-2-4-6-7;1-2/h3,5-6,8,10,12,23H,4,7,9,11H2,1-2H3;2-6H,1H3;1-2H3. The second-order valence-electron chi connectivity index (χ2n) is 9.61. The fourth-order valence-corrected chi connectivity index (χ4v) is 5.19. The Morgan fingerprint density at radius 3 is 2.38 bits per heavy atom. The number of carbonyl (C=O) groups excluding carboxylic acids is 1. The van der Waals surface area contributed by atoms with Gasteiger partial charge >= 0.3 is 0 Å². The van der Waals surface area contributed by atoms with Crippen molar-refractivity contribution >= 4 is 49.9 Å². The number of rotatable bonds is 6. The maximum absolute atomic E-state index is 12.9. The highest BCUT2D eigenvalue weighted by atomic mass is 79.9. The fraction of sp³-hybridized carbons (Fsp3) is 0.333. The van der Waals surface area contributed by atoms with E-state index in [0.29, 0.717) is 6.42 Å². The zero-order chi connectivity index (χ0) is 31.0. The number of aryl methyl sites for hydroxylation is 2. The lowest BCUT2D eigenvalue weighted by Crippen LogP contribution is -2.43. The molecular weight excluding hydrogens is 604 g/mol. The molecule has 4 aromatic rings. The minimum atomic E-state index is -0.709. The van der Waals surface area contributed by atoms with E-state index in [1.165, 1.54) is 29.0 Å². The number of non-ortho nitro benzene ring substituents is 1. The van der Waals surface area contributed by atoms with Crippen molar-refractivity contribution in [3.05, 3.63) is 102 Å². The van der Waals surface area contributed by atoms with Crippen LogP contribution in [0.2, 0.25) is 0 Å². The number of nitro groups is 2. The molecule has 222 valence electrons. The summed E-state index contributed by atoms with van der Waals surface area (Å²) < 4.78 is 2.87. The highest BCUT2D eigenvalue weighted by Crippen LogP contribution is 2.33. The van der Waals surface area contributed by atoms with Crippen molar-refractivity contribution in [2.75, 3.05) is 18.9 Å². The van der Waals surface area contributed by atoms with Crippen LogP contribution in [-0.4, -0.2) is 49.8 Å². The van der Waals surface area contributed by atoms with E-state index in [4.69, 9.17) is 0 Å². The zero-order valence-electron chi connectivity index (χ0n) is 24.3. The average Bonchev–Trinajstić information content (AvgIpc) is 3.27. The molecule has 0 bridgehead atoms. The molecular formula is C30H35BrN6O5. The molecule has 0 radical (unpaired) electrons. The lowest BCUT2D eigenvalue weighted by molar-refractivity contribution is -0.393. The fourth-order valence-electron chi connectivity index (χ4n) is 4.89. The Hall–Kier alpha value is -4.32. The van der Waals surface area contributed by atoms with Crippen molar-refractivity contribution in [1.29, 1.82) is 0 Å². The molecule has 0 spiro atoms. The number of hydrogen-bond acceptors (Lipinski definition) is 7. The number of pyridine rings is 1. The maximum Gasteiger partial charge on any atom is 0.299 e. The lowest BCUT2D eigenvalue weighted by Gasteiger charge is -2.32. The summed E-state index contributed by atoms with van der Waals surface area (Å²) in [7, 11) is 3.72. The Bertz CT molecular complexity index is 1570. The SMILES string of the molecule is CC.CN(C(=O)CNc1ccc([N+](=O)[O-])cc1[N+](=O)[O-])C1CCc2c(c3ccc(Br)nc3n2C)C1.Cc1ccccc1. The van der Waals surface area contributed by atoms with Gasteiger partial charge in [-0.05, 0) is 65.9 Å². The number of fused-ring (bicyclic) bond motifs is 3. The van der Waals surface area contributed by atoms with Crippen LogP contribution < -0.4 is 5.32 Å². The average molecular weight is 640 g/mol. The van der Waals surface area contributed by atoms with Crippen LogP contribution in [0.4, 0.5) is 17.1 Å². The smallest absolute Gasteiger partial charge is 0.299 e. The van der Waals surface area contributed by atoms with E-state index in [1.54, 1.807) is 11.9 Å². The molecule has 1 aliphatic carbocycles. The van der Waals surface area contributed by atoms with Crippen LogP contribution in [-0.2, 0) is 24.7 Å². The molecule has 12 heteroatoms. The molecule has 42 heavy (non-hydrogen) atoms. The van der Waals surface area contributed by atoms with Crippen LogP contribution in [0.5, 0.6) is 0 Å². The third kappa shape index (κ3) is 7.49. The quantitative estimate of drug-likeness (QED) is 0.143. The molecule has 0 fully saturated rings. The van der Waals surface area contributed by atoms with Gasteiger partial charge < -0.3 is 14.8 Å². The predicted octanol–water partition coefficient (Wildman–Crippen LogP) is 6.60. The van der Waals surface area contributed by atoms with Crippen molar-refractivity contribution in [2.45, 2.75) is 46.1 Å². The number of anilines is 1. The molecule has 5 rings (SSSR count). The number of carbonyl (C=O) groups is 1. The number of hydrogen-bond donors (Lipinski definition) is 1. The molecule has 2 aromatic heterocycles. The summed E-state index contributed by atoms with van der Waals surface area (Å²) in [6, 6.07) is 17.5. The number of benzene rings is 2. The summed E-state index contributed by atoms with van der Waals surface area (Å²) in [6.07, 6.45) is 2.29. The van der Waals surface area contributed by atoms with E-state index in [0.717, 1.165) is 34.5 Å². The molecule has 1 aliphatic rings. The van der Waals surface area contributed by atoms with E-state index >= 15 is 0 Å². The minimum Gasteiger partial charge on any atom is -0.371 e. The van der Waals surface area contributed by atoms with E-state index in [2.05, 4.69) is 49.9 Å². The van der Waals surface area contributed by atoms with Crippen LogP contribution in [0.15, 0.2) is 65.3 Å². The first-order chi connectivity index (χ1) is 20.1. The van der Waals surface area contributed by atoms with E-state index in [-0.39, 0.29) is 29.9 Å². The lowest BCUT2D eigenvalue weighted by atomic mass is 9.90. The van der Waals surface area contributed by atoms with Gasteiger partial charge in [0.2, 0.25) is 5.91 Å². The molecule has 0 saturated carbocycles. The predicted molar refractivity (Wildman–Crippen MR) is 168 cm³/mol. The van der Waals surface area contributed by atoms with Gasteiger partial charge in [-0.15, -0.1) is 0 Å². The second kappa shape index (κ2) is 14.5. The maximum atomic E-state index is 12.9. The number of likely N-dealkylation sites (N-methyl/N-ethyl adjacent to an activating group) is 1. The molecule has 1 N–H and O–H groups in total. The Balaban J connectivity index is 0.000000465. The molecule has 2 heterocycles. The van der Waals surface area contributed by atoms with Gasteiger partial charge in [-0.2, -0.15) is 0 Å². The van der Waals surface area contributed by atoms with E-state index in [9.17, 15) is 25.0 Å². The first-order valence-electron chi connectivity index (χ1n) is 13.6. The summed E-state index contributed by atoms with van der Waals surface area (Å²) in [6.45, 7) is 5.92. The van der Waals surface area contributed by atoms with Gasteiger partial charge in [0.05, 0.1) is 22.5 Å². The van der Waals surface area contributed by atoms with E-state index in [1.807, 2.05) is 51.2 Å². The van der Waals surface area contributed by atoms with Crippen LogP contribution in [0.1, 0.15) is 37.1 Å². The molecule has 1 atom stereocenters. The molecule has 0 saturated heterocycles. The van der Waals surface area contributed by atoms with Crippen LogP contribution in [0.3, 0.4) is 0 Å². The molecule has 1 unspecified atom stereocenters. The summed E-state index contributed by atoms with van der Waals surface area (Å²) in [5.74, 6) is -0.225. The summed E-state index contributed by atoms with van der Waals surface area (Å²) >= 11 is 3.42. The molecule has 11 nitrogen and oxygen atoms in total. The Morgan fingerprint density at radius 2 is 1.79 bits per heavy atom. The van der Waals surface area contributed by atoms with Crippen LogP contribution in [0, 0.1) is 27.2 Å². The normalized spacial score (nSPS) is 13.5. The van der Waals surface area contributed by atoms with Gasteiger partial charge in [0.1, 0.15) is 15.9 Å². The monoisotopic (exact) mass is 638 g/mol. The number of amides is 1. The summed E-state index contributed by atoms with van der Waals surface area (Å²) in [5, 5.41) is 26.0. The zero-order valence-corrected chi connectivity index (χ0v) is 25.9. The Kier molecular flexibility index (Phi) is 11.1. The van der Waals surface area contributed by atoms with Gasteiger partial charge in [0.15, 0.2) is 0 Å². The molecule has 0 aliphatic heterocycles. The van der Waals surface area contributed by atoms with Crippen LogP contribution >= 0.6 is 15.9 Å². The number of halogens is 1. The van der Waals surface area contributed by atoms with Gasteiger partial charge in [0, 0.05) is 37.3 Å². The van der Waals surface area contributed by atoms with Crippen molar-refractivity contribution in [1.82, 2.24) is 14.5 Å². The first-order valence-corrected chi connectivity index (χ1v) is 14.4. The third-order valence-corrected chi connectivity index (χ3v) is 7.53. The molecule has 2 aromatic carbocycles. The van der Waals surface area contributed by atoms with Crippen molar-refractivity contribution in [3.8, 4) is 0 Å². The van der Waals surface area contributed by atoms with Crippen molar-refractivity contribution in [3.63, 3.8) is 0 Å². The van der Waals surface area contributed by atoms with Gasteiger partial charge in [-0.3, -0.25) is 25.0 Å². The third-order valence-electron chi connectivity index (χ3n) is 7.09. The molecule has 1 amide bonds. The highest BCUT2D eigenvalue weighted by molar-refractivity contribution is 9.10. The Labute approximate surface area is 253 Å². The Morgan fingerprint density at radius 1 is 1.10 bits per heavy atom. The number of nitrogens with one attached hydrogen (secondary N) is 1. The minimum absolute atomic E-state index is 0.0205. The number of nitrogens with zero attached hydrogens (tertiary/aromatic N) is 5. The largest absolute Gasteiger partial charge is 0.371 e.